The highest BCUT2D eigenvalue weighted by atomic mass is 32.1. The van der Waals surface area contributed by atoms with Crippen LogP contribution in [0.4, 0.5) is 0 Å². The molecule has 7 heavy (non-hydrogen) atoms. The molecule has 1 aliphatic rings. The first-order valence-corrected chi connectivity index (χ1v) is 2.62. The quantitative estimate of drug-likeness (QED) is 0.384. The van der Waals surface area contributed by atoms with Crippen molar-refractivity contribution in [3.05, 3.63) is 0 Å². The molecule has 1 aliphatic heterocycles. The predicted octanol–water partition coefficient (Wildman–Crippen LogP) is -0.0381. The van der Waals surface area contributed by atoms with Gasteiger partial charge in [0.05, 0.1) is 0 Å². The van der Waals surface area contributed by atoms with Gasteiger partial charge in [-0.1, -0.05) is 12.8 Å². The lowest BCUT2D eigenvalue weighted by molar-refractivity contribution is -0.113. The van der Waals surface area contributed by atoms with Crippen LogP contribution in [0.5, 0.6) is 0 Å². The summed E-state index contributed by atoms with van der Waals surface area (Å²) in [5.74, 6) is 0.262. The maximum absolute atomic E-state index is 9.87. The van der Waals surface area contributed by atoms with Crippen LogP contribution in [0.2, 0.25) is 0 Å². The number of aldehydes is 1. The molecule has 1 rings (SSSR count). The van der Waals surface area contributed by atoms with Gasteiger partial charge >= 0.3 is 0 Å². The van der Waals surface area contributed by atoms with Crippen LogP contribution in [0.3, 0.4) is 0 Å². The van der Waals surface area contributed by atoms with E-state index in [2.05, 4.69) is 12.8 Å². The third-order valence-electron chi connectivity index (χ3n) is 1.08. The Labute approximate surface area is 48.0 Å². The molecule has 0 radical (unpaired) electrons. The highest BCUT2D eigenvalue weighted by Gasteiger charge is 2.22. The largest absolute Gasteiger partial charge is 0.303 e. The second-order valence-corrected chi connectivity index (χ2v) is 2.33. The summed E-state index contributed by atoms with van der Waals surface area (Å²) >= 11 is 3.97. The monoisotopic (exact) mass is 117 g/mol. The first-order chi connectivity index (χ1) is 3.33. The van der Waals surface area contributed by atoms with Crippen LogP contribution in [-0.2, 0) is 4.79 Å². The van der Waals surface area contributed by atoms with Gasteiger partial charge in [-0.3, -0.25) is 4.31 Å². The molecule has 0 unspecified atom stereocenters. The molecule has 0 spiro atoms. The van der Waals surface area contributed by atoms with Crippen LogP contribution < -0.4 is 0 Å². The molecule has 0 atom stereocenters. The van der Waals surface area contributed by atoms with Gasteiger partial charge in [-0.25, -0.2) is 0 Å². The van der Waals surface area contributed by atoms with Gasteiger partial charge in [0, 0.05) is 19.0 Å². The summed E-state index contributed by atoms with van der Waals surface area (Å²) in [6.45, 7) is 1.65. The van der Waals surface area contributed by atoms with Crippen molar-refractivity contribution in [2.24, 2.45) is 5.92 Å². The average molecular weight is 117 g/mol. The lowest BCUT2D eigenvalue weighted by atomic mass is 10.1. The smallest absolute Gasteiger partial charge is 0.125 e. The molecule has 0 saturated carbocycles. The van der Waals surface area contributed by atoms with Crippen molar-refractivity contribution >= 4 is 19.1 Å². The number of hydrogen-bond acceptors (Lipinski definition) is 3. The molecule has 1 heterocycles. The molecule has 40 valence electrons. The topological polar surface area (TPSA) is 20.3 Å². The SMILES string of the molecule is O=CC1CN(S)C1. The third-order valence-corrected chi connectivity index (χ3v) is 1.41. The van der Waals surface area contributed by atoms with E-state index in [-0.39, 0.29) is 5.92 Å². The Morgan fingerprint density at radius 2 is 2.29 bits per heavy atom. The van der Waals surface area contributed by atoms with E-state index in [4.69, 9.17) is 0 Å². The minimum absolute atomic E-state index is 0.262. The Morgan fingerprint density at radius 1 is 1.71 bits per heavy atom. The molecule has 1 saturated heterocycles. The molecular weight excluding hydrogens is 110 g/mol. The zero-order valence-electron chi connectivity index (χ0n) is 3.87. The molecule has 0 aliphatic carbocycles. The summed E-state index contributed by atoms with van der Waals surface area (Å²) in [5.41, 5.74) is 0. The Bertz CT molecular complexity index is 79.8. The molecular formula is C4H7NOS. The normalized spacial score (nSPS) is 24.1. The van der Waals surface area contributed by atoms with E-state index in [9.17, 15) is 4.79 Å². The van der Waals surface area contributed by atoms with Crippen LogP contribution in [0.25, 0.3) is 0 Å². The van der Waals surface area contributed by atoms with Crippen molar-refractivity contribution in [1.29, 1.82) is 0 Å². The van der Waals surface area contributed by atoms with Crippen molar-refractivity contribution in [3.63, 3.8) is 0 Å². The highest BCUT2D eigenvalue weighted by molar-refractivity contribution is 7.77. The fraction of sp³-hybridized carbons (Fsp3) is 0.750. The molecule has 0 aromatic carbocycles. The van der Waals surface area contributed by atoms with Crippen LogP contribution >= 0.6 is 12.8 Å². The second kappa shape index (κ2) is 1.84. The van der Waals surface area contributed by atoms with Gasteiger partial charge in [0.1, 0.15) is 6.29 Å². The maximum Gasteiger partial charge on any atom is 0.125 e. The third kappa shape index (κ3) is 0.951. The molecule has 0 bridgehead atoms. The Morgan fingerprint density at radius 3 is 2.43 bits per heavy atom. The summed E-state index contributed by atoms with van der Waals surface area (Å²) < 4.78 is 1.82. The van der Waals surface area contributed by atoms with Gasteiger partial charge in [-0.15, -0.1) is 0 Å². The van der Waals surface area contributed by atoms with Gasteiger partial charge < -0.3 is 4.79 Å². The van der Waals surface area contributed by atoms with Crippen molar-refractivity contribution in [1.82, 2.24) is 4.31 Å². The van der Waals surface area contributed by atoms with E-state index in [0.29, 0.717) is 0 Å². The Hall–Kier alpha value is -0.0200. The van der Waals surface area contributed by atoms with Crippen molar-refractivity contribution in [3.8, 4) is 0 Å². The molecule has 3 heteroatoms. The Balaban J connectivity index is 2.17. The van der Waals surface area contributed by atoms with Crippen LogP contribution in [0, 0.1) is 5.92 Å². The summed E-state index contributed by atoms with van der Waals surface area (Å²) in [6, 6.07) is 0. The standard InChI is InChI=1S/C4H7NOS/c6-3-4-1-5(7)2-4/h3-4,7H,1-2H2. The summed E-state index contributed by atoms with van der Waals surface area (Å²) in [4.78, 5) is 9.87. The van der Waals surface area contributed by atoms with Crippen LogP contribution in [-0.4, -0.2) is 23.7 Å². The number of carbonyl (C=O) groups is 1. The fourth-order valence-corrected chi connectivity index (χ4v) is 0.993. The van der Waals surface area contributed by atoms with E-state index in [0.717, 1.165) is 19.4 Å². The number of rotatable bonds is 1. The van der Waals surface area contributed by atoms with Gasteiger partial charge in [0.15, 0.2) is 0 Å². The van der Waals surface area contributed by atoms with Crippen LogP contribution in [0.1, 0.15) is 0 Å². The molecule has 0 aromatic rings. The first-order valence-electron chi connectivity index (χ1n) is 2.22. The van der Waals surface area contributed by atoms with Gasteiger partial charge in [0.2, 0.25) is 0 Å². The molecule has 0 N–H and O–H groups in total. The number of hydrogen-bond donors (Lipinski definition) is 1. The van der Waals surface area contributed by atoms with Gasteiger partial charge in [-0.2, -0.15) is 0 Å². The lowest BCUT2D eigenvalue weighted by Crippen LogP contribution is -2.40. The molecule has 2 nitrogen and oxygen atoms in total. The average Bonchev–Trinajstić information content (AvgIpc) is 1.58. The van der Waals surface area contributed by atoms with Gasteiger partial charge in [-0.05, 0) is 0 Å². The van der Waals surface area contributed by atoms with E-state index in [1.807, 2.05) is 4.31 Å². The maximum atomic E-state index is 9.87. The molecule has 0 aromatic heterocycles. The van der Waals surface area contributed by atoms with Crippen molar-refractivity contribution < 1.29 is 4.79 Å². The summed E-state index contributed by atoms with van der Waals surface area (Å²) in [7, 11) is 0. The Kier molecular flexibility index (Phi) is 1.35. The van der Waals surface area contributed by atoms with E-state index < -0.39 is 0 Å². The summed E-state index contributed by atoms with van der Waals surface area (Å²) in [5, 5.41) is 0. The highest BCUT2D eigenvalue weighted by Crippen LogP contribution is 2.13. The first kappa shape index (κ1) is 5.12. The van der Waals surface area contributed by atoms with Crippen molar-refractivity contribution in [2.45, 2.75) is 0 Å². The van der Waals surface area contributed by atoms with Gasteiger partial charge in [0.25, 0.3) is 0 Å². The fourth-order valence-electron chi connectivity index (χ4n) is 0.574. The van der Waals surface area contributed by atoms with Crippen LogP contribution in [0.15, 0.2) is 0 Å². The second-order valence-electron chi connectivity index (χ2n) is 1.77. The number of thiol groups is 1. The van der Waals surface area contributed by atoms with E-state index in [1.54, 1.807) is 0 Å². The summed E-state index contributed by atoms with van der Waals surface area (Å²) in [6.07, 6.45) is 0.979. The predicted molar refractivity (Wildman–Crippen MR) is 30.1 cm³/mol. The van der Waals surface area contributed by atoms with Crippen molar-refractivity contribution in [2.75, 3.05) is 13.1 Å². The minimum atomic E-state index is 0.262. The zero-order valence-corrected chi connectivity index (χ0v) is 4.77. The lowest BCUT2D eigenvalue weighted by Gasteiger charge is -2.30. The number of nitrogens with zero attached hydrogens (tertiary/aromatic N) is 1. The molecule has 1 fully saturated rings. The molecule has 0 amide bonds. The zero-order chi connectivity index (χ0) is 5.28. The number of carbonyl (C=O) groups excluding carboxylic acids is 1. The van der Waals surface area contributed by atoms with E-state index in [1.165, 1.54) is 0 Å². The van der Waals surface area contributed by atoms with E-state index >= 15 is 0 Å². The minimum Gasteiger partial charge on any atom is -0.303 e.